The molecule has 1 atom stereocenters. The molecule has 3 heterocycles. The van der Waals surface area contributed by atoms with E-state index < -0.39 is 10.0 Å². The van der Waals surface area contributed by atoms with E-state index in [9.17, 15) is 8.42 Å². The molecule has 1 aromatic carbocycles. The molecule has 0 N–H and O–H groups in total. The van der Waals surface area contributed by atoms with Crippen LogP contribution in [0.2, 0.25) is 5.15 Å². The Morgan fingerprint density at radius 3 is 2.64 bits per heavy atom. The molecule has 6 nitrogen and oxygen atoms in total. The van der Waals surface area contributed by atoms with Gasteiger partial charge in [-0.3, -0.25) is 4.40 Å². The van der Waals surface area contributed by atoms with Crippen LogP contribution in [0.15, 0.2) is 53.7 Å². The van der Waals surface area contributed by atoms with E-state index in [1.165, 1.54) is 0 Å². The second kappa shape index (κ2) is 7.73. The first-order chi connectivity index (χ1) is 13.5. The van der Waals surface area contributed by atoms with E-state index in [-0.39, 0.29) is 16.2 Å². The lowest BCUT2D eigenvalue weighted by Crippen LogP contribution is -2.35. The molecular formula is C20H22ClN3O3S. The number of imidazole rings is 1. The minimum Gasteiger partial charge on any atom is -0.497 e. The van der Waals surface area contributed by atoms with Crippen LogP contribution in [-0.2, 0) is 10.0 Å². The lowest BCUT2D eigenvalue weighted by atomic mass is 10.0. The first kappa shape index (κ1) is 19.2. The van der Waals surface area contributed by atoms with Crippen LogP contribution in [-0.4, -0.2) is 35.8 Å². The Kier molecular flexibility index (Phi) is 5.31. The SMILES string of the molecule is COc1ccc([C@H]2CCCCCN2S(=O)(=O)c2c(Cl)nc3ccccn23)cc1. The van der Waals surface area contributed by atoms with Gasteiger partial charge in [-0.1, -0.05) is 42.6 Å². The van der Waals surface area contributed by atoms with Gasteiger partial charge in [0.1, 0.15) is 11.4 Å². The zero-order chi connectivity index (χ0) is 19.7. The molecule has 1 saturated heterocycles. The fourth-order valence-electron chi connectivity index (χ4n) is 3.82. The molecule has 3 aromatic rings. The summed E-state index contributed by atoms with van der Waals surface area (Å²) < 4.78 is 35.8. The fraction of sp³-hybridized carbons (Fsp3) is 0.350. The summed E-state index contributed by atoms with van der Waals surface area (Å²) in [6.45, 7) is 0.454. The number of rotatable bonds is 4. The first-order valence-corrected chi connectivity index (χ1v) is 11.1. The molecule has 1 fully saturated rings. The van der Waals surface area contributed by atoms with Gasteiger partial charge in [-0.2, -0.15) is 4.31 Å². The normalized spacial score (nSPS) is 18.9. The molecule has 28 heavy (non-hydrogen) atoms. The summed E-state index contributed by atoms with van der Waals surface area (Å²) in [5, 5.41) is 0.0362. The van der Waals surface area contributed by atoms with Crippen molar-refractivity contribution in [3.05, 3.63) is 59.4 Å². The summed E-state index contributed by atoms with van der Waals surface area (Å²) in [7, 11) is -2.23. The van der Waals surface area contributed by atoms with Crippen molar-refractivity contribution in [2.45, 2.75) is 36.8 Å². The third kappa shape index (κ3) is 3.38. The maximum atomic E-state index is 13.7. The first-order valence-electron chi connectivity index (χ1n) is 9.31. The zero-order valence-corrected chi connectivity index (χ0v) is 17.2. The number of fused-ring (bicyclic) bond motifs is 1. The van der Waals surface area contributed by atoms with Gasteiger partial charge >= 0.3 is 0 Å². The van der Waals surface area contributed by atoms with Crippen molar-refractivity contribution in [1.29, 1.82) is 0 Å². The summed E-state index contributed by atoms with van der Waals surface area (Å²) >= 11 is 6.29. The highest BCUT2D eigenvalue weighted by Gasteiger charge is 2.37. The van der Waals surface area contributed by atoms with Gasteiger partial charge in [0.2, 0.25) is 0 Å². The third-order valence-corrected chi connectivity index (χ3v) is 7.51. The molecule has 4 rings (SSSR count). The van der Waals surface area contributed by atoms with Crippen LogP contribution in [0.4, 0.5) is 0 Å². The summed E-state index contributed by atoms with van der Waals surface area (Å²) in [5.74, 6) is 0.747. The second-order valence-corrected chi connectivity index (χ2v) is 9.05. The third-order valence-electron chi connectivity index (χ3n) is 5.20. The molecule has 8 heteroatoms. The number of hydrogen-bond acceptors (Lipinski definition) is 4. The number of hydrogen-bond donors (Lipinski definition) is 0. The Balaban J connectivity index is 1.81. The van der Waals surface area contributed by atoms with Gasteiger partial charge in [0.15, 0.2) is 10.2 Å². The van der Waals surface area contributed by atoms with E-state index in [1.54, 1.807) is 40.2 Å². The highest BCUT2D eigenvalue weighted by atomic mass is 35.5. The molecule has 0 amide bonds. The number of aromatic nitrogens is 2. The average Bonchev–Trinajstić information content (AvgIpc) is 2.87. The second-order valence-electron chi connectivity index (χ2n) is 6.89. The molecule has 0 unspecified atom stereocenters. The molecule has 1 aliphatic heterocycles. The maximum absolute atomic E-state index is 13.7. The molecule has 0 saturated carbocycles. The number of ether oxygens (including phenoxy) is 1. The molecule has 0 bridgehead atoms. The summed E-state index contributed by atoms with van der Waals surface area (Å²) in [4.78, 5) is 4.22. The highest BCUT2D eigenvalue weighted by Crippen LogP contribution is 2.37. The van der Waals surface area contributed by atoms with E-state index in [0.29, 0.717) is 12.2 Å². The Labute approximate surface area is 169 Å². The Bertz CT molecular complexity index is 1080. The van der Waals surface area contributed by atoms with Gasteiger partial charge in [-0.15, -0.1) is 0 Å². The van der Waals surface area contributed by atoms with Crippen molar-refractivity contribution in [3.63, 3.8) is 0 Å². The highest BCUT2D eigenvalue weighted by molar-refractivity contribution is 7.89. The standard InChI is InChI=1S/C20H22ClN3O3S/c1-27-16-11-9-15(10-12-16)17-7-3-2-5-14-24(17)28(25,26)20-19(21)22-18-8-4-6-13-23(18)20/h4,6,8-13,17H,2-3,5,7,14H2,1H3/t17-/m1/s1. The lowest BCUT2D eigenvalue weighted by Gasteiger charge is -2.29. The van der Waals surface area contributed by atoms with Crippen LogP contribution in [0.25, 0.3) is 5.65 Å². The fourth-order valence-corrected chi connectivity index (χ4v) is 6.10. The van der Waals surface area contributed by atoms with Crippen molar-refractivity contribution < 1.29 is 13.2 Å². The maximum Gasteiger partial charge on any atom is 0.262 e. The Hall–Kier alpha value is -2.09. The smallest absolute Gasteiger partial charge is 0.262 e. The topological polar surface area (TPSA) is 63.9 Å². The van der Waals surface area contributed by atoms with Gasteiger partial charge in [-0.05, 0) is 42.7 Å². The molecule has 0 radical (unpaired) electrons. The summed E-state index contributed by atoms with van der Waals surface area (Å²) in [6, 6.07) is 12.7. The van der Waals surface area contributed by atoms with Crippen molar-refractivity contribution in [3.8, 4) is 5.75 Å². The van der Waals surface area contributed by atoms with E-state index >= 15 is 0 Å². The van der Waals surface area contributed by atoms with E-state index in [2.05, 4.69) is 4.98 Å². The molecule has 0 aliphatic carbocycles. The molecular weight excluding hydrogens is 398 g/mol. The van der Waals surface area contributed by atoms with Gasteiger partial charge in [-0.25, -0.2) is 13.4 Å². The minimum absolute atomic E-state index is 0.00364. The summed E-state index contributed by atoms with van der Waals surface area (Å²) in [6.07, 6.45) is 5.24. The van der Waals surface area contributed by atoms with Crippen LogP contribution in [0, 0.1) is 0 Å². The largest absolute Gasteiger partial charge is 0.497 e. The van der Waals surface area contributed by atoms with Gasteiger partial charge in [0.25, 0.3) is 10.0 Å². The number of sulfonamides is 1. The Morgan fingerprint density at radius 1 is 1.11 bits per heavy atom. The van der Waals surface area contributed by atoms with Gasteiger partial charge in [0.05, 0.1) is 13.2 Å². The average molecular weight is 420 g/mol. The van der Waals surface area contributed by atoms with Gasteiger partial charge < -0.3 is 4.74 Å². The number of methoxy groups -OCH3 is 1. The number of nitrogens with zero attached hydrogens (tertiary/aromatic N) is 3. The predicted octanol–water partition coefficient (Wildman–Crippen LogP) is 4.30. The minimum atomic E-state index is -3.84. The van der Waals surface area contributed by atoms with Crippen molar-refractivity contribution in [1.82, 2.24) is 13.7 Å². The Morgan fingerprint density at radius 2 is 1.89 bits per heavy atom. The number of halogens is 1. The van der Waals surface area contributed by atoms with E-state index in [0.717, 1.165) is 37.0 Å². The number of pyridine rings is 1. The van der Waals surface area contributed by atoms with E-state index in [4.69, 9.17) is 16.3 Å². The van der Waals surface area contributed by atoms with Crippen LogP contribution in [0.5, 0.6) is 5.75 Å². The predicted molar refractivity (Wildman–Crippen MR) is 108 cm³/mol. The van der Waals surface area contributed by atoms with Crippen LogP contribution < -0.4 is 4.74 Å². The summed E-state index contributed by atoms with van der Waals surface area (Å²) in [5.41, 5.74) is 1.47. The van der Waals surface area contributed by atoms with Crippen molar-refractivity contribution in [2.24, 2.45) is 0 Å². The van der Waals surface area contributed by atoms with Crippen LogP contribution in [0.1, 0.15) is 37.3 Å². The number of benzene rings is 1. The lowest BCUT2D eigenvalue weighted by molar-refractivity contribution is 0.327. The van der Waals surface area contributed by atoms with Crippen LogP contribution >= 0.6 is 11.6 Å². The van der Waals surface area contributed by atoms with Gasteiger partial charge in [0, 0.05) is 12.7 Å². The molecule has 1 aliphatic rings. The quantitative estimate of drug-likeness (QED) is 0.632. The van der Waals surface area contributed by atoms with Crippen LogP contribution in [0.3, 0.4) is 0 Å². The van der Waals surface area contributed by atoms with Crippen molar-refractivity contribution >= 4 is 27.3 Å². The molecule has 148 valence electrons. The molecule has 0 spiro atoms. The molecule has 2 aromatic heterocycles. The van der Waals surface area contributed by atoms with E-state index in [1.807, 2.05) is 24.3 Å². The van der Waals surface area contributed by atoms with Crippen molar-refractivity contribution in [2.75, 3.05) is 13.7 Å². The zero-order valence-electron chi connectivity index (χ0n) is 15.6. The monoisotopic (exact) mass is 419 g/mol.